The molecule has 0 unspecified atom stereocenters. The lowest BCUT2D eigenvalue weighted by Crippen LogP contribution is -2.47. The highest BCUT2D eigenvalue weighted by Crippen LogP contribution is 2.04. The van der Waals surface area contributed by atoms with Crippen LogP contribution in [0.15, 0.2) is 12.7 Å². The van der Waals surface area contributed by atoms with E-state index in [1.807, 2.05) is 6.08 Å². The van der Waals surface area contributed by atoms with Crippen LogP contribution in [0.5, 0.6) is 0 Å². The summed E-state index contributed by atoms with van der Waals surface area (Å²) in [4.78, 5) is 0. The van der Waals surface area contributed by atoms with Gasteiger partial charge in [0.05, 0.1) is 26.2 Å². The van der Waals surface area contributed by atoms with Gasteiger partial charge in [-0.3, -0.25) is 0 Å². The first-order chi connectivity index (χ1) is 4.74. The summed E-state index contributed by atoms with van der Waals surface area (Å²) in [5, 5.41) is 0. The Morgan fingerprint density at radius 2 is 1.45 bits per heavy atom. The van der Waals surface area contributed by atoms with Gasteiger partial charge in [0.25, 0.3) is 0 Å². The van der Waals surface area contributed by atoms with Gasteiger partial charge in [0, 0.05) is 0 Å². The smallest absolute Gasteiger partial charge is 0.0970 e. The Bertz CT molecular complexity index is 89.5. The van der Waals surface area contributed by atoms with Crippen LogP contribution in [0, 0.1) is 0 Å². The molecule has 0 saturated carbocycles. The molecule has 0 fully saturated rings. The Kier molecular flexibility index (Phi) is 7.69. The third kappa shape index (κ3) is 3.54. The van der Waals surface area contributed by atoms with Crippen molar-refractivity contribution in [2.24, 2.45) is 0 Å². The Morgan fingerprint density at radius 1 is 1.09 bits per heavy atom. The molecule has 1 N–H and O–H groups in total. The molecule has 2 heteroatoms. The fourth-order valence-corrected chi connectivity index (χ4v) is 1.33. The van der Waals surface area contributed by atoms with Gasteiger partial charge in [-0.25, -0.2) is 0 Å². The lowest BCUT2D eigenvalue weighted by molar-refractivity contribution is -0.917. The third-order valence-corrected chi connectivity index (χ3v) is 2.53. The Morgan fingerprint density at radius 3 is 1.55 bits per heavy atom. The Labute approximate surface area is 70.4 Å². The fraction of sp³-hybridized carbons (Fsp3) is 0.778. The fourth-order valence-electron chi connectivity index (χ4n) is 1.33. The van der Waals surface area contributed by atoms with E-state index in [0.29, 0.717) is 0 Å². The van der Waals surface area contributed by atoms with Crippen LogP contribution in [-0.2, 0) is 0 Å². The van der Waals surface area contributed by atoms with Crippen LogP contribution in [0.2, 0.25) is 0 Å². The van der Waals surface area contributed by atoms with E-state index < -0.39 is 0 Å². The van der Waals surface area contributed by atoms with E-state index in [1.165, 1.54) is 24.1 Å². The van der Waals surface area contributed by atoms with Gasteiger partial charge in [-0.1, -0.05) is 6.58 Å². The zero-order valence-electron chi connectivity index (χ0n) is 8.01. The normalized spacial score (nSPS) is 10.5. The maximum absolute atomic E-state index is 3.77. The summed E-state index contributed by atoms with van der Waals surface area (Å²) in [6, 6.07) is 0. The quantitative estimate of drug-likeness (QED) is 0.445. The highest BCUT2D eigenvalue weighted by molar-refractivity contribution is 4.65. The average Bonchev–Trinajstić information content (AvgIpc) is 2.01. The SMILES string of the molecule is C=CC[N+](CC)(CC)CC.[OH-]. The summed E-state index contributed by atoms with van der Waals surface area (Å²) in [6.07, 6.45) is 2.02. The first kappa shape index (κ1) is 13.3. The van der Waals surface area contributed by atoms with Crippen molar-refractivity contribution in [2.75, 3.05) is 26.2 Å². The van der Waals surface area contributed by atoms with E-state index in [9.17, 15) is 0 Å². The third-order valence-electron chi connectivity index (χ3n) is 2.53. The van der Waals surface area contributed by atoms with Crippen LogP contribution in [0.1, 0.15) is 20.8 Å². The summed E-state index contributed by atoms with van der Waals surface area (Å²) in [5.41, 5.74) is 0. The number of nitrogens with zero attached hydrogens (tertiary/aromatic N) is 1. The number of likely N-dealkylation sites (N-methyl/N-ethyl adjacent to an activating group) is 1. The van der Waals surface area contributed by atoms with Crippen molar-refractivity contribution in [3.05, 3.63) is 12.7 Å². The molecular formula is C9H21NO. The predicted octanol–water partition coefficient (Wildman–Crippen LogP) is 1.87. The van der Waals surface area contributed by atoms with Crippen LogP contribution in [0.25, 0.3) is 0 Å². The van der Waals surface area contributed by atoms with Gasteiger partial charge in [0.1, 0.15) is 0 Å². The molecule has 68 valence electrons. The van der Waals surface area contributed by atoms with Gasteiger partial charge in [0.15, 0.2) is 0 Å². The van der Waals surface area contributed by atoms with Gasteiger partial charge < -0.3 is 9.96 Å². The van der Waals surface area contributed by atoms with Crippen LogP contribution in [0.4, 0.5) is 0 Å². The van der Waals surface area contributed by atoms with Crippen molar-refractivity contribution in [1.29, 1.82) is 0 Å². The maximum atomic E-state index is 3.77. The molecule has 0 rings (SSSR count). The summed E-state index contributed by atoms with van der Waals surface area (Å²) >= 11 is 0. The van der Waals surface area contributed by atoms with E-state index in [-0.39, 0.29) is 5.48 Å². The highest BCUT2D eigenvalue weighted by Gasteiger charge is 2.17. The molecule has 0 aromatic rings. The molecule has 0 heterocycles. The van der Waals surface area contributed by atoms with Crippen molar-refractivity contribution in [2.45, 2.75) is 20.8 Å². The van der Waals surface area contributed by atoms with E-state index in [2.05, 4.69) is 27.4 Å². The average molecular weight is 159 g/mol. The molecule has 0 aliphatic heterocycles. The topological polar surface area (TPSA) is 30.0 Å². The molecule has 11 heavy (non-hydrogen) atoms. The molecule has 0 bridgehead atoms. The summed E-state index contributed by atoms with van der Waals surface area (Å²) < 4.78 is 1.18. The molecular weight excluding hydrogens is 138 g/mol. The zero-order valence-corrected chi connectivity index (χ0v) is 8.01. The molecule has 0 radical (unpaired) electrons. The monoisotopic (exact) mass is 159 g/mol. The Balaban J connectivity index is 0. The largest absolute Gasteiger partial charge is 0.870 e. The molecule has 2 nitrogen and oxygen atoms in total. The number of quaternary nitrogens is 1. The van der Waals surface area contributed by atoms with E-state index in [0.717, 1.165) is 6.54 Å². The maximum Gasteiger partial charge on any atom is 0.0970 e. The van der Waals surface area contributed by atoms with E-state index in [1.54, 1.807) is 0 Å². The second-order valence-corrected chi connectivity index (χ2v) is 2.76. The first-order valence-electron chi connectivity index (χ1n) is 4.20. The van der Waals surface area contributed by atoms with Crippen LogP contribution < -0.4 is 0 Å². The molecule has 0 aliphatic carbocycles. The lowest BCUT2D eigenvalue weighted by Gasteiger charge is -2.34. The van der Waals surface area contributed by atoms with Gasteiger partial charge in [-0.2, -0.15) is 0 Å². The van der Waals surface area contributed by atoms with E-state index in [4.69, 9.17) is 0 Å². The summed E-state index contributed by atoms with van der Waals surface area (Å²) in [6.45, 7) is 15.3. The highest BCUT2D eigenvalue weighted by atomic mass is 16.0. The molecule has 0 aromatic carbocycles. The lowest BCUT2D eigenvalue weighted by atomic mass is 10.3. The minimum absolute atomic E-state index is 0. The van der Waals surface area contributed by atoms with Crippen LogP contribution in [0.3, 0.4) is 0 Å². The minimum atomic E-state index is 0. The van der Waals surface area contributed by atoms with Gasteiger partial charge in [-0.05, 0) is 26.8 Å². The van der Waals surface area contributed by atoms with Crippen molar-refractivity contribution in [3.8, 4) is 0 Å². The van der Waals surface area contributed by atoms with Crippen molar-refractivity contribution in [3.63, 3.8) is 0 Å². The van der Waals surface area contributed by atoms with Crippen LogP contribution in [-0.4, -0.2) is 36.1 Å². The van der Waals surface area contributed by atoms with Gasteiger partial charge in [-0.15, -0.1) is 0 Å². The van der Waals surface area contributed by atoms with Gasteiger partial charge in [0.2, 0.25) is 0 Å². The summed E-state index contributed by atoms with van der Waals surface area (Å²) in [5.74, 6) is 0. The van der Waals surface area contributed by atoms with Gasteiger partial charge >= 0.3 is 0 Å². The second kappa shape index (κ2) is 6.38. The molecule has 0 aliphatic rings. The van der Waals surface area contributed by atoms with Crippen molar-refractivity contribution < 1.29 is 9.96 Å². The zero-order chi connectivity index (χ0) is 8.04. The summed E-state index contributed by atoms with van der Waals surface area (Å²) in [7, 11) is 0. The first-order valence-corrected chi connectivity index (χ1v) is 4.20. The van der Waals surface area contributed by atoms with Crippen molar-refractivity contribution in [1.82, 2.24) is 0 Å². The Hall–Kier alpha value is -0.340. The standard InChI is InChI=1S/C9H20N.H2O/c1-5-9-10(6-2,7-3)8-4;/h5H,1,6-9H2,2-4H3;1H2/q+1;/p-1. The predicted molar refractivity (Wildman–Crippen MR) is 48.9 cm³/mol. The number of rotatable bonds is 5. The molecule has 0 aromatic heterocycles. The molecule has 0 atom stereocenters. The molecule has 0 amide bonds. The van der Waals surface area contributed by atoms with E-state index >= 15 is 0 Å². The number of hydrogen-bond donors (Lipinski definition) is 0. The van der Waals surface area contributed by atoms with Crippen LogP contribution >= 0.6 is 0 Å². The minimum Gasteiger partial charge on any atom is -0.870 e. The number of hydrogen-bond acceptors (Lipinski definition) is 1. The molecule has 0 spiro atoms. The molecule has 0 saturated heterocycles. The van der Waals surface area contributed by atoms with Crippen molar-refractivity contribution >= 4 is 0 Å². The second-order valence-electron chi connectivity index (χ2n) is 2.76.